The van der Waals surface area contributed by atoms with Gasteiger partial charge >= 0.3 is 6.61 Å². The largest absolute Gasteiger partial charge is 0.493 e. The Morgan fingerprint density at radius 2 is 1.81 bits per heavy atom. The number of hydrogen-bond donors (Lipinski definition) is 0. The van der Waals surface area contributed by atoms with Crippen LogP contribution in [0.15, 0.2) is 36.4 Å². The number of methoxy groups -OCH3 is 1. The summed E-state index contributed by atoms with van der Waals surface area (Å²) in [7, 11) is 2.90. The van der Waals surface area contributed by atoms with E-state index in [9.17, 15) is 23.3 Å². The predicted molar refractivity (Wildman–Crippen MR) is 87.9 cm³/mol. The van der Waals surface area contributed by atoms with E-state index in [2.05, 4.69) is 4.74 Å². The van der Waals surface area contributed by atoms with Crippen LogP contribution in [0.25, 0.3) is 0 Å². The Balaban J connectivity index is 2.29. The van der Waals surface area contributed by atoms with Crippen molar-refractivity contribution in [3.63, 3.8) is 0 Å². The minimum Gasteiger partial charge on any atom is -0.493 e. The molecule has 26 heavy (non-hydrogen) atoms. The lowest BCUT2D eigenvalue weighted by atomic mass is 10.1. The van der Waals surface area contributed by atoms with Crippen LogP contribution in [0.2, 0.25) is 0 Å². The second-order valence-electron chi connectivity index (χ2n) is 5.53. The summed E-state index contributed by atoms with van der Waals surface area (Å²) in [6.45, 7) is -2.85. The van der Waals surface area contributed by atoms with Crippen molar-refractivity contribution in [2.24, 2.45) is 0 Å². The van der Waals surface area contributed by atoms with Gasteiger partial charge in [-0.1, -0.05) is 18.2 Å². The molecule has 0 saturated heterocycles. The maximum Gasteiger partial charge on any atom is 0.387 e. The Bertz CT molecular complexity index is 787. The summed E-state index contributed by atoms with van der Waals surface area (Å²) in [6, 6.07) is 8.36. The maximum absolute atomic E-state index is 13.7. The Hall–Kier alpha value is -2.81. The highest BCUT2D eigenvalue weighted by molar-refractivity contribution is 5.54. The molecular formula is C17H17F3N2O4. The van der Waals surface area contributed by atoms with E-state index in [0.29, 0.717) is 5.56 Å². The van der Waals surface area contributed by atoms with E-state index in [0.717, 1.165) is 6.07 Å². The van der Waals surface area contributed by atoms with Gasteiger partial charge in [0.25, 0.3) is 5.69 Å². The maximum atomic E-state index is 13.7. The number of halogens is 3. The van der Waals surface area contributed by atoms with Crippen molar-refractivity contribution in [3.8, 4) is 11.5 Å². The van der Waals surface area contributed by atoms with Gasteiger partial charge in [0, 0.05) is 24.2 Å². The Labute approximate surface area is 147 Å². The lowest BCUT2D eigenvalue weighted by molar-refractivity contribution is -0.385. The fourth-order valence-corrected chi connectivity index (χ4v) is 2.50. The van der Waals surface area contributed by atoms with Crippen LogP contribution >= 0.6 is 0 Å². The lowest BCUT2D eigenvalue weighted by Crippen LogP contribution is -2.19. The molecule has 2 rings (SSSR count). The Morgan fingerprint density at radius 3 is 2.38 bits per heavy atom. The number of nitro benzene ring substituents is 1. The molecule has 0 bridgehead atoms. The van der Waals surface area contributed by atoms with Crippen LogP contribution in [0.4, 0.5) is 18.9 Å². The minimum atomic E-state index is -3.14. The molecule has 0 aliphatic carbocycles. The molecule has 0 unspecified atom stereocenters. The minimum absolute atomic E-state index is 0.0507. The number of nitro groups is 1. The first kappa shape index (κ1) is 19.5. The summed E-state index contributed by atoms with van der Waals surface area (Å²) in [5.74, 6) is -0.855. The number of benzene rings is 2. The molecule has 2 aromatic rings. The summed E-state index contributed by atoms with van der Waals surface area (Å²) in [5, 5.41) is 11.3. The van der Waals surface area contributed by atoms with Crippen molar-refractivity contribution in [1.29, 1.82) is 0 Å². The number of ether oxygens (including phenoxy) is 2. The third kappa shape index (κ3) is 4.85. The zero-order chi connectivity index (χ0) is 19.3. The molecule has 9 heteroatoms. The molecule has 0 atom stereocenters. The molecule has 2 aromatic carbocycles. The van der Waals surface area contributed by atoms with Crippen molar-refractivity contribution in [3.05, 3.63) is 63.5 Å². The van der Waals surface area contributed by atoms with Gasteiger partial charge in [-0.2, -0.15) is 8.78 Å². The van der Waals surface area contributed by atoms with E-state index in [1.165, 1.54) is 19.2 Å². The van der Waals surface area contributed by atoms with Crippen LogP contribution in [0.3, 0.4) is 0 Å². The number of rotatable bonds is 8. The van der Waals surface area contributed by atoms with Crippen LogP contribution < -0.4 is 9.47 Å². The van der Waals surface area contributed by atoms with Crippen LogP contribution in [-0.4, -0.2) is 30.6 Å². The van der Waals surface area contributed by atoms with E-state index >= 15 is 0 Å². The predicted octanol–water partition coefficient (Wildman–Crippen LogP) is 3.98. The molecule has 0 saturated carbocycles. The second kappa shape index (κ2) is 8.52. The summed E-state index contributed by atoms with van der Waals surface area (Å²) in [5.41, 5.74) is 0.274. The van der Waals surface area contributed by atoms with Gasteiger partial charge in [0.2, 0.25) is 0 Å². The topological polar surface area (TPSA) is 64.8 Å². The molecule has 0 aliphatic rings. The molecule has 0 spiro atoms. The molecule has 0 N–H and O–H groups in total. The average Bonchev–Trinajstić information content (AvgIpc) is 2.57. The molecule has 0 amide bonds. The van der Waals surface area contributed by atoms with Gasteiger partial charge in [0.15, 0.2) is 11.5 Å². The first-order valence-corrected chi connectivity index (χ1v) is 7.54. The van der Waals surface area contributed by atoms with Crippen molar-refractivity contribution in [1.82, 2.24) is 4.90 Å². The Morgan fingerprint density at radius 1 is 1.15 bits per heavy atom. The van der Waals surface area contributed by atoms with Crippen molar-refractivity contribution in [2.75, 3.05) is 14.2 Å². The van der Waals surface area contributed by atoms with Crippen LogP contribution in [0, 0.1) is 15.9 Å². The van der Waals surface area contributed by atoms with Gasteiger partial charge in [0.05, 0.1) is 18.1 Å². The van der Waals surface area contributed by atoms with Crippen molar-refractivity contribution in [2.45, 2.75) is 19.7 Å². The summed E-state index contributed by atoms with van der Waals surface area (Å²) in [4.78, 5) is 12.3. The van der Waals surface area contributed by atoms with Gasteiger partial charge in [-0.15, -0.1) is 0 Å². The summed E-state index contributed by atoms with van der Waals surface area (Å²) < 4.78 is 47.9. The molecule has 0 fully saturated rings. The molecule has 6 nitrogen and oxygen atoms in total. The fraction of sp³-hybridized carbons (Fsp3) is 0.294. The number of hydrogen-bond acceptors (Lipinski definition) is 5. The van der Waals surface area contributed by atoms with E-state index < -0.39 is 17.3 Å². The molecule has 0 heterocycles. The monoisotopic (exact) mass is 370 g/mol. The SMILES string of the molecule is COc1cc(CN(C)Cc2ccccc2F)c([N+](=O)[O-])cc1OC(F)F. The van der Waals surface area contributed by atoms with Gasteiger partial charge < -0.3 is 9.47 Å². The first-order chi connectivity index (χ1) is 12.3. The Kier molecular flexibility index (Phi) is 6.40. The quantitative estimate of drug-likeness (QED) is 0.520. The first-order valence-electron chi connectivity index (χ1n) is 7.54. The van der Waals surface area contributed by atoms with Crippen LogP contribution in [0.5, 0.6) is 11.5 Å². The fourth-order valence-electron chi connectivity index (χ4n) is 2.50. The normalized spacial score (nSPS) is 11.0. The van der Waals surface area contributed by atoms with Gasteiger partial charge in [-0.25, -0.2) is 4.39 Å². The van der Waals surface area contributed by atoms with E-state index in [1.807, 2.05) is 0 Å². The second-order valence-corrected chi connectivity index (χ2v) is 5.53. The summed E-state index contributed by atoms with van der Waals surface area (Å²) in [6.07, 6.45) is 0. The highest BCUT2D eigenvalue weighted by Crippen LogP contribution is 2.36. The average molecular weight is 370 g/mol. The van der Waals surface area contributed by atoms with Crippen LogP contribution in [0.1, 0.15) is 11.1 Å². The highest BCUT2D eigenvalue weighted by atomic mass is 19.3. The summed E-state index contributed by atoms with van der Waals surface area (Å²) >= 11 is 0. The lowest BCUT2D eigenvalue weighted by Gasteiger charge is -2.18. The molecule has 0 aliphatic heterocycles. The van der Waals surface area contributed by atoms with Crippen molar-refractivity contribution >= 4 is 5.69 Å². The number of alkyl halides is 2. The van der Waals surface area contributed by atoms with Crippen molar-refractivity contribution < 1.29 is 27.6 Å². The molecular weight excluding hydrogens is 353 g/mol. The standard InChI is InChI=1S/C17H17F3N2O4/c1-21(9-11-5-3-4-6-13(11)18)10-12-7-15(25-2)16(26-17(19)20)8-14(12)22(23)24/h3-8,17H,9-10H2,1-2H3. The van der Waals surface area contributed by atoms with E-state index in [4.69, 9.17) is 4.74 Å². The smallest absolute Gasteiger partial charge is 0.387 e. The number of nitrogens with zero attached hydrogens (tertiary/aromatic N) is 2. The van der Waals surface area contributed by atoms with Gasteiger partial charge in [-0.05, 0) is 19.2 Å². The van der Waals surface area contributed by atoms with Gasteiger partial charge in [0.1, 0.15) is 5.82 Å². The third-order valence-electron chi connectivity index (χ3n) is 3.62. The zero-order valence-corrected chi connectivity index (χ0v) is 14.1. The highest BCUT2D eigenvalue weighted by Gasteiger charge is 2.22. The zero-order valence-electron chi connectivity index (χ0n) is 14.1. The third-order valence-corrected chi connectivity index (χ3v) is 3.62. The molecule has 140 valence electrons. The van der Waals surface area contributed by atoms with Gasteiger partial charge in [-0.3, -0.25) is 15.0 Å². The van der Waals surface area contributed by atoms with E-state index in [-0.39, 0.29) is 35.9 Å². The molecule has 0 aromatic heterocycles. The van der Waals surface area contributed by atoms with Crippen LogP contribution in [-0.2, 0) is 13.1 Å². The van der Waals surface area contributed by atoms with E-state index in [1.54, 1.807) is 30.1 Å². The molecule has 0 radical (unpaired) electrons.